The molecule has 0 heterocycles. The minimum atomic E-state index is -0.288. The number of nitrogens with zero attached hydrogens (tertiary/aromatic N) is 1. The maximum absolute atomic E-state index is 12.2. The lowest BCUT2D eigenvalue weighted by atomic mass is 10.1. The molecule has 0 atom stereocenters. The molecule has 0 radical (unpaired) electrons. The summed E-state index contributed by atoms with van der Waals surface area (Å²) in [4.78, 5) is 13.8. The van der Waals surface area contributed by atoms with Crippen LogP contribution < -0.4 is 5.73 Å². The second-order valence-electron chi connectivity index (χ2n) is 4.14. The van der Waals surface area contributed by atoms with Gasteiger partial charge in [0, 0.05) is 25.2 Å². The van der Waals surface area contributed by atoms with E-state index in [-0.39, 0.29) is 17.4 Å². The summed E-state index contributed by atoms with van der Waals surface area (Å²) in [7, 11) is 0. The Morgan fingerprint density at radius 2 is 2.00 bits per heavy atom. The number of phenolic OH excluding ortho intramolecular Hbond substituents is 2. The van der Waals surface area contributed by atoms with E-state index in [1.807, 2.05) is 0 Å². The van der Waals surface area contributed by atoms with Gasteiger partial charge in [-0.2, -0.15) is 0 Å². The molecule has 0 aromatic heterocycles. The minimum absolute atomic E-state index is 0.177. The Labute approximate surface area is 107 Å². The largest absolute Gasteiger partial charge is 0.504 e. The van der Waals surface area contributed by atoms with Crippen LogP contribution in [0.5, 0.6) is 11.5 Å². The van der Waals surface area contributed by atoms with Crippen LogP contribution in [-0.2, 0) is 0 Å². The van der Waals surface area contributed by atoms with Gasteiger partial charge in [0.25, 0.3) is 5.91 Å². The third-order valence-electron chi connectivity index (χ3n) is 2.69. The van der Waals surface area contributed by atoms with E-state index in [1.165, 1.54) is 18.2 Å². The third-order valence-corrected chi connectivity index (χ3v) is 2.69. The van der Waals surface area contributed by atoms with Crippen LogP contribution in [0.15, 0.2) is 18.2 Å². The molecule has 1 amide bonds. The summed E-state index contributed by atoms with van der Waals surface area (Å²) in [6.45, 7) is 3.59. The van der Waals surface area contributed by atoms with E-state index in [0.717, 1.165) is 12.8 Å². The number of nitrogens with two attached hydrogens (primary N) is 1. The van der Waals surface area contributed by atoms with Gasteiger partial charge in [0.15, 0.2) is 11.5 Å². The van der Waals surface area contributed by atoms with Gasteiger partial charge < -0.3 is 20.8 Å². The van der Waals surface area contributed by atoms with Crippen LogP contribution in [0.2, 0.25) is 0 Å². The highest BCUT2D eigenvalue weighted by Crippen LogP contribution is 2.25. The maximum Gasteiger partial charge on any atom is 0.254 e. The molecular weight excluding hydrogens is 232 g/mol. The highest BCUT2D eigenvalue weighted by atomic mass is 16.3. The van der Waals surface area contributed by atoms with Gasteiger partial charge in [0.05, 0.1) is 0 Å². The van der Waals surface area contributed by atoms with Crippen molar-refractivity contribution in [2.75, 3.05) is 19.6 Å². The lowest BCUT2D eigenvalue weighted by Crippen LogP contribution is -2.36. The van der Waals surface area contributed by atoms with E-state index >= 15 is 0 Å². The van der Waals surface area contributed by atoms with Gasteiger partial charge in [-0.15, -0.1) is 0 Å². The lowest BCUT2D eigenvalue weighted by molar-refractivity contribution is 0.0757. The summed E-state index contributed by atoms with van der Waals surface area (Å²) >= 11 is 0. The topological polar surface area (TPSA) is 86.8 Å². The van der Waals surface area contributed by atoms with Crippen LogP contribution in [0.1, 0.15) is 30.1 Å². The summed E-state index contributed by atoms with van der Waals surface area (Å²) in [5, 5.41) is 18.6. The molecule has 0 saturated heterocycles. The van der Waals surface area contributed by atoms with Crippen molar-refractivity contribution in [2.45, 2.75) is 19.8 Å². The van der Waals surface area contributed by atoms with Crippen LogP contribution >= 0.6 is 0 Å². The van der Waals surface area contributed by atoms with E-state index in [4.69, 9.17) is 5.73 Å². The number of amides is 1. The normalized spacial score (nSPS) is 10.3. The molecule has 0 unspecified atom stereocenters. The van der Waals surface area contributed by atoms with Crippen LogP contribution in [0, 0.1) is 0 Å². The predicted molar refractivity (Wildman–Crippen MR) is 69.6 cm³/mol. The monoisotopic (exact) mass is 252 g/mol. The molecule has 0 bridgehead atoms. The number of rotatable bonds is 6. The Hall–Kier alpha value is -1.75. The zero-order valence-corrected chi connectivity index (χ0v) is 10.6. The fourth-order valence-electron chi connectivity index (χ4n) is 1.66. The Bertz CT molecular complexity index is 407. The van der Waals surface area contributed by atoms with Gasteiger partial charge in [-0.05, 0) is 24.6 Å². The Morgan fingerprint density at radius 1 is 1.28 bits per heavy atom. The summed E-state index contributed by atoms with van der Waals surface area (Å²) in [6, 6.07) is 4.07. The molecular formula is C13H20N2O3. The molecule has 1 aromatic carbocycles. The highest BCUT2D eigenvalue weighted by Gasteiger charge is 2.15. The number of benzene rings is 1. The first kappa shape index (κ1) is 14.3. The van der Waals surface area contributed by atoms with Crippen LogP contribution in [0.3, 0.4) is 0 Å². The van der Waals surface area contributed by atoms with Crippen molar-refractivity contribution in [1.29, 1.82) is 0 Å². The van der Waals surface area contributed by atoms with Gasteiger partial charge in [-0.25, -0.2) is 0 Å². The van der Waals surface area contributed by atoms with Crippen LogP contribution in [-0.4, -0.2) is 40.7 Å². The van der Waals surface area contributed by atoms with Gasteiger partial charge >= 0.3 is 0 Å². The molecule has 18 heavy (non-hydrogen) atoms. The molecule has 0 aliphatic carbocycles. The van der Waals surface area contributed by atoms with Crippen molar-refractivity contribution in [1.82, 2.24) is 4.90 Å². The van der Waals surface area contributed by atoms with Crippen molar-refractivity contribution < 1.29 is 15.0 Å². The number of hydrogen-bond acceptors (Lipinski definition) is 4. The lowest BCUT2D eigenvalue weighted by Gasteiger charge is -2.22. The van der Waals surface area contributed by atoms with E-state index in [1.54, 1.807) is 4.90 Å². The molecule has 5 heteroatoms. The van der Waals surface area contributed by atoms with E-state index in [0.29, 0.717) is 25.2 Å². The Balaban J connectivity index is 2.83. The number of aromatic hydroxyl groups is 2. The Kier molecular flexibility index (Phi) is 5.45. The molecule has 1 aromatic rings. The zero-order valence-electron chi connectivity index (χ0n) is 10.6. The predicted octanol–water partition coefficient (Wildman–Crippen LogP) is 1.30. The van der Waals surface area contributed by atoms with E-state index in [2.05, 4.69) is 6.92 Å². The fraction of sp³-hybridized carbons (Fsp3) is 0.462. The SMILES string of the molecule is CCCCN(CCN)C(=O)c1ccc(O)c(O)c1. The number of carbonyl (C=O) groups is 1. The molecule has 0 aliphatic rings. The van der Waals surface area contributed by atoms with Gasteiger partial charge in [0.2, 0.25) is 0 Å². The van der Waals surface area contributed by atoms with E-state index in [9.17, 15) is 15.0 Å². The number of phenols is 2. The molecule has 5 nitrogen and oxygen atoms in total. The second-order valence-corrected chi connectivity index (χ2v) is 4.14. The molecule has 0 aliphatic heterocycles. The third kappa shape index (κ3) is 3.63. The smallest absolute Gasteiger partial charge is 0.254 e. The average Bonchev–Trinajstić information content (AvgIpc) is 2.37. The first-order valence-corrected chi connectivity index (χ1v) is 6.11. The first-order valence-electron chi connectivity index (χ1n) is 6.11. The highest BCUT2D eigenvalue weighted by molar-refractivity contribution is 5.94. The fourth-order valence-corrected chi connectivity index (χ4v) is 1.66. The average molecular weight is 252 g/mol. The summed E-state index contributed by atoms with van der Waals surface area (Å²) in [6.07, 6.45) is 1.91. The van der Waals surface area contributed by atoms with Crippen LogP contribution in [0.4, 0.5) is 0 Å². The van der Waals surface area contributed by atoms with Crippen molar-refractivity contribution in [3.63, 3.8) is 0 Å². The first-order chi connectivity index (χ1) is 8.60. The summed E-state index contributed by atoms with van der Waals surface area (Å²) < 4.78 is 0. The van der Waals surface area contributed by atoms with E-state index < -0.39 is 0 Å². The van der Waals surface area contributed by atoms with Gasteiger partial charge in [0.1, 0.15) is 0 Å². The number of unbranched alkanes of at least 4 members (excludes halogenated alkanes) is 1. The van der Waals surface area contributed by atoms with Gasteiger partial charge in [-0.1, -0.05) is 13.3 Å². The number of hydrogen-bond donors (Lipinski definition) is 3. The molecule has 0 spiro atoms. The van der Waals surface area contributed by atoms with Gasteiger partial charge in [-0.3, -0.25) is 4.79 Å². The van der Waals surface area contributed by atoms with Crippen molar-refractivity contribution in [2.24, 2.45) is 5.73 Å². The minimum Gasteiger partial charge on any atom is -0.504 e. The molecule has 0 saturated carbocycles. The van der Waals surface area contributed by atoms with Crippen molar-refractivity contribution >= 4 is 5.91 Å². The molecule has 4 N–H and O–H groups in total. The molecule has 1 rings (SSSR count). The Morgan fingerprint density at radius 3 is 2.56 bits per heavy atom. The number of carbonyl (C=O) groups excluding carboxylic acids is 1. The molecule has 0 fully saturated rings. The summed E-state index contributed by atoms with van der Waals surface area (Å²) in [5.74, 6) is -0.696. The van der Waals surface area contributed by atoms with Crippen LogP contribution in [0.25, 0.3) is 0 Å². The quantitative estimate of drug-likeness (QED) is 0.666. The standard InChI is InChI=1S/C13H20N2O3/c1-2-3-7-15(8-6-14)13(18)10-4-5-11(16)12(17)9-10/h4-5,9,16-17H,2-3,6-8,14H2,1H3. The summed E-state index contributed by atoms with van der Waals surface area (Å²) in [5.41, 5.74) is 5.84. The van der Waals surface area contributed by atoms with Crippen molar-refractivity contribution in [3.05, 3.63) is 23.8 Å². The second kappa shape index (κ2) is 6.86. The van der Waals surface area contributed by atoms with Crippen molar-refractivity contribution in [3.8, 4) is 11.5 Å². The molecule has 100 valence electrons. The maximum atomic E-state index is 12.2. The zero-order chi connectivity index (χ0) is 13.5.